The summed E-state index contributed by atoms with van der Waals surface area (Å²) in [5.41, 5.74) is 2.21. The van der Waals surface area contributed by atoms with Gasteiger partial charge in [0.25, 0.3) is 0 Å². The maximum absolute atomic E-state index is 5.86. The molecule has 1 aromatic carbocycles. The van der Waals surface area contributed by atoms with Crippen molar-refractivity contribution < 1.29 is 13.9 Å². The minimum absolute atomic E-state index is 0.209. The molecule has 3 aromatic rings. The van der Waals surface area contributed by atoms with Gasteiger partial charge in [-0.25, -0.2) is 4.98 Å². The van der Waals surface area contributed by atoms with E-state index in [4.69, 9.17) is 13.9 Å². The quantitative estimate of drug-likeness (QED) is 0.737. The summed E-state index contributed by atoms with van der Waals surface area (Å²) in [5, 5.41) is 0. The van der Waals surface area contributed by atoms with Crippen molar-refractivity contribution in [2.24, 2.45) is 0 Å². The molecule has 0 N–H and O–H groups in total. The molecular weight excluding hydrogens is 306 g/mol. The van der Waals surface area contributed by atoms with Crippen LogP contribution in [0.2, 0.25) is 0 Å². The van der Waals surface area contributed by atoms with E-state index in [1.165, 1.54) is 0 Å². The first kappa shape index (κ1) is 15.0. The zero-order valence-corrected chi connectivity index (χ0v) is 13.7. The molecule has 1 aliphatic rings. The molecule has 1 aliphatic heterocycles. The lowest BCUT2D eigenvalue weighted by molar-refractivity contribution is 0.0529. The Hall–Kier alpha value is -2.60. The maximum Gasteiger partial charge on any atom is 0.249 e. The van der Waals surface area contributed by atoms with E-state index in [0.29, 0.717) is 18.2 Å². The van der Waals surface area contributed by atoms with Gasteiger partial charge in [0.15, 0.2) is 0 Å². The Labute approximate surface area is 140 Å². The number of benzene rings is 1. The van der Waals surface area contributed by atoms with Crippen LogP contribution in [-0.4, -0.2) is 42.9 Å². The highest BCUT2D eigenvalue weighted by Crippen LogP contribution is 2.27. The fourth-order valence-electron chi connectivity index (χ4n) is 2.87. The fourth-order valence-corrected chi connectivity index (χ4v) is 2.87. The second-order valence-electron chi connectivity index (χ2n) is 5.87. The van der Waals surface area contributed by atoms with Gasteiger partial charge in [0, 0.05) is 18.7 Å². The van der Waals surface area contributed by atoms with Crippen molar-refractivity contribution in [2.45, 2.75) is 13.0 Å². The molecular formula is C18H19N3O3. The monoisotopic (exact) mass is 325 g/mol. The molecule has 4 rings (SSSR count). The van der Waals surface area contributed by atoms with E-state index in [-0.39, 0.29) is 6.10 Å². The SMILES string of the molecule is COc1ccc(-c2nc3ccc(N4CCOC(C)C4)nc3o2)cc1. The lowest BCUT2D eigenvalue weighted by atomic mass is 10.2. The van der Waals surface area contributed by atoms with E-state index in [9.17, 15) is 0 Å². The lowest BCUT2D eigenvalue weighted by Crippen LogP contribution is -2.41. The maximum atomic E-state index is 5.86. The zero-order valence-electron chi connectivity index (χ0n) is 13.7. The summed E-state index contributed by atoms with van der Waals surface area (Å²) in [4.78, 5) is 11.4. The van der Waals surface area contributed by atoms with E-state index in [1.54, 1.807) is 7.11 Å². The molecule has 1 saturated heterocycles. The summed E-state index contributed by atoms with van der Waals surface area (Å²) in [6.45, 7) is 4.45. The topological polar surface area (TPSA) is 60.6 Å². The van der Waals surface area contributed by atoms with E-state index < -0.39 is 0 Å². The Morgan fingerprint density at radius 3 is 2.71 bits per heavy atom. The molecule has 124 valence electrons. The standard InChI is InChI=1S/C18H19N3O3/c1-12-11-21(9-10-23-12)16-8-7-15-18(20-16)24-17(19-15)13-3-5-14(22-2)6-4-13/h3-8,12H,9-11H2,1-2H3. The predicted molar refractivity (Wildman–Crippen MR) is 91.4 cm³/mol. The molecule has 1 fully saturated rings. The molecule has 1 atom stereocenters. The largest absolute Gasteiger partial charge is 0.497 e. The molecule has 0 amide bonds. The molecule has 0 aliphatic carbocycles. The van der Waals surface area contributed by atoms with Crippen molar-refractivity contribution >= 4 is 17.0 Å². The van der Waals surface area contributed by atoms with Crippen LogP contribution in [0.1, 0.15) is 6.92 Å². The van der Waals surface area contributed by atoms with Crippen LogP contribution in [0.15, 0.2) is 40.8 Å². The number of aromatic nitrogens is 2. The van der Waals surface area contributed by atoms with Crippen molar-refractivity contribution in [3.8, 4) is 17.2 Å². The number of hydrogen-bond donors (Lipinski definition) is 0. The summed E-state index contributed by atoms with van der Waals surface area (Å²) in [6, 6.07) is 11.6. The van der Waals surface area contributed by atoms with Gasteiger partial charge < -0.3 is 18.8 Å². The van der Waals surface area contributed by atoms with Crippen molar-refractivity contribution in [1.29, 1.82) is 0 Å². The average molecular weight is 325 g/mol. The number of morpholine rings is 1. The van der Waals surface area contributed by atoms with Crippen molar-refractivity contribution in [2.75, 3.05) is 31.7 Å². The molecule has 0 saturated carbocycles. The number of anilines is 1. The third-order valence-electron chi connectivity index (χ3n) is 4.14. The van der Waals surface area contributed by atoms with Crippen LogP contribution in [0.4, 0.5) is 5.82 Å². The van der Waals surface area contributed by atoms with Gasteiger partial charge in [-0.1, -0.05) is 0 Å². The highest BCUT2D eigenvalue weighted by Gasteiger charge is 2.19. The first-order valence-corrected chi connectivity index (χ1v) is 8.01. The van der Waals surface area contributed by atoms with E-state index >= 15 is 0 Å². The van der Waals surface area contributed by atoms with Crippen LogP contribution in [-0.2, 0) is 4.74 Å². The van der Waals surface area contributed by atoms with Gasteiger partial charge in [-0.15, -0.1) is 0 Å². The number of rotatable bonds is 3. The van der Waals surface area contributed by atoms with Crippen LogP contribution in [0, 0.1) is 0 Å². The normalized spacial score (nSPS) is 18.1. The number of pyridine rings is 1. The third kappa shape index (κ3) is 2.80. The Balaban J connectivity index is 1.65. The van der Waals surface area contributed by atoms with Crippen LogP contribution < -0.4 is 9.64 Å². The second-order valence-corrected chi connectivity index (χ2v) is 5.87. The number of hydrogen-bond acceptors (Lipinski definition) is 6. The van der Waals surface area contributed by atoms with Gasteiger partial charge >= 0.3 is 0 Å². The van der Waals surface area contributed by atoms with Gasteiger partial charge in [0.2, 0.25) is 11.6 Å². The Morgan fingerprint density at radius 1 is 1.12 bits per heavy atom. The predicted octanol–water partition coefficient (Wildman–Crippen LogP) is 3.12. The van der Waals surface area contributed by atoms with Gasteiger partial charge in [-0.05, 0) is 43.3 Å². The summed E-state index contributed by atoms with van der Waals surface area (Å²) in [7, 11) is 1.65. The fraction of sp³-hybridized carbons (Fsp3) is 0.333. The summed E-state index contributed by atoms with van der Waals surface area (Å²) in [5.74, 6) is 2.26. The second kappa shape index (κ2) is 6.13. The summed E-state index contributed by atoms with van der Waals surface area (Å²) >= 11 is 0. The van der Waals surface area contributed by atoms with Crippen molar-refractivity contribution in [3.63, 3.8) is 0 Å². The zero-order chi connectivity index (χ0) is 16.5. The molecule has 6 nitrogen and oxygen atoms in total. The van der Waals surface area contributed by atoms with Gasteiger partial charge in [0.05, 0.1) is 19.8 Å². The number of nitrogens with zero attached hydrogens (tertiary/aromatic N) is 3. The summed E-state index contributed by atoms with van der Waals surface area (Å²) < 4.78 is 16.6. The summed E-state index contributed by atoms with van der Waals surface area (Å²) in [6.07, 6.45) is 0.209. The van der Waals surface area contributed by atoms with Crippen LogP contribution in [0.3, 0.4) is 0 Å². The first-order valence-electron chi connectivity index (χ1n) is 8.01. The molecule has 24 heavy (non-hydrogen) atoms. The highest BCUT2D eigenvalue weighted by atomic mass is 16.5. The van der Waals surface area contributed by atoms with Crippen LogP contribution in [0.5, 0.6) is 5.75 Å². The Bertz CT molecular complexity index is 844. The Kier molecular flexibility index (Phi) is 3.82. The molecule has 0 radical (unpaired) electrons. The minimum atomic E-state index is 0.209. The van der Waals surface area contributed by atoms with Crippen LogP contribution >= 0.6 is 0 Å². The van der Waals surface area contributed by atoms with Crippen molar-refractivity contribution in [3.05, 3.63) is 36.4 Å². The van der Waals surface area contributed by atoms with Gasteiger partial charge in [-0.2, -0.15) is 4.98 Å². The van der Waals surface area contributed by atoms with Crippen LogP contribution in [0.25, 0.3) is 22.7 Å². The average Bonchev–Trinajstić information content (AvgIpc) is 3.05. The number of fused-ring (bicyclic) bond motifs is 1. The van der Waals surface area contributed by atoms with Crippen molar-refractivity contribution in [1.82, 2.24) is 9.97 Å². The number of methoxy groups -OCH3 is 1. The van der Waals surface area contributed by atoms with Gasteiger partial charge in [0.1, 0.15) is 17.1 Å². The molecule has 3 heterocycles. The molecule has 0 bridgehead atoms. The lowest BCUT2D eigenvalue weighted by Gasteiger charge is -2.31. The van der Waals surface area contributed by atoms with E-state index in [0.717, 1.165) is 35.7 Å². The first-order chi connectivity index (χ1) is 11.7. The van der Waals surface area contributed by atoms with Gasteiger partial charge in [-0.3, -0.25) is 0 Å². The third-order valence-corrected chi connectivity index (χ3v) is 4.14. The molecule has 0 spiro atoms. The Morgan fingerprint density at radius 2 is 1.96 bits per heavy atom. The molecule has 6 heteroatoms. The number of oxazole rings is 1. The molecule has 2 aromatic heterocycles. The van der Waals surface area contributed by atoms with E-state index in [1.807, 2.05) is 36.4 Å². The number of ether oxygens (including phenoxy) is 2. The van der Waals surface area contributed by atoms with E-state index in [2.05, 4.69) is 21.8 Å². The smallest absolute Gasteiger partial charge is 0.249 e. The highest BCUT2D eigenvalue weighted by molar-refractivity contribution is 5.74. The minimum Gasteiger partial charge on any atom is -0.497 e. The molecule has 1 unspecified atom stereocenters.